The number of methoxy groups -OCH3 is 1. The predicted octanol–water partition coefficient (Wildman–Crippen LogP) is 3.70. The lowest BCUT2D eigenvalue weighted by atomic mass is 10.2. The van der Waals surface area contributed by atoms with Crippen LogP contribution in [0.2, 0.25) is 5.02 Å². The van der Waals surface area contributed by atoms with Crippen LogP contribution in [-0.4, -0.2) is 24.9 Å². The molecule has 0 aromatic heterocycles. The number of benzene rings is 2. The maximum Gasteiger partial charge on any atom is 0.337 e. The molecular weight excluding hydrogens is 398 g/mol. The van der Waals surface area contributed by atoms with Gasteiger partial charge in [-0.3, -0.25) is 9.59 Å². The second kappa shape index (κ2) is 7.38. The fraction of sp³-hybridized carbons (Fsp3) is 0.0556. The van der Waals surface area contributed by atoms with Crippen LogP contribution in [0.3, 0.4) is 0 Å². The fourth-order valence-electron chi connectivity index (χ4n) is 2.45. The number of ether oxygens (including phenoxy) is 1. The highest BCUT2D eigenvalue weighted by molar-refractivity contribution is 6.53. The lowest BCUT2D eigenvalue weighted by Crippen LogP contribution is -2.32. The lowest BCUT2D eigenvalue weighted by Gasteiger charge is -2.16. The molecule has 2 amide bonds. The predicted molar refractivity (Wildman–Crippen MR) is 98.2 cm³/mol. The Morgan fingerprint density at radius 2 is 1.85 bits per heavy atom. The molecule has 0 saturated heterocycles. The third-order valence-corrected chi connectivity index (χ3v) is 4.38. The number of amides is 2. The first kappa shape index (κ1) is 18.9. The maximum atomic E-state index is 13.3. The van der Waals surface area contributed by atoms with E-state index in [4.69, 9.17) is 23.2 Å². The van der Waals surface area contributed by atoms with Crippen LogP contribution in [0.15, 0.2) is 53.2 Å². The normalized spacial score (nSPS) is 14.0. The topological polar surface area (TPSA) is 75.7 Å². The summed E-state index contributed by atoms with van der Waals surface area (Å²) in [5.41, 5.74) is 0.409. The van der Waals surface area contributed by atoms with E-state index in [1.807, 2.05) is 0 Å². The highest BCUT2D eigenvalue weighted by Crippen LogP contribution is 2.31. The Bertz CT molecular complexity index is 1010. The minimum Gasteiger partial charge on any atom is -0.465 e. The van der Waals surface area contributed by atoms with Crippen molar-refractivity contribution in [1.82, 2.24) is 0 Å². The average Bonchev–Trinajstić information content (AvgIpc) is 2.87. The molecule has 1 aliphatic heterocycles. The van der Waals surface area contributed by atoms with Crippen LogP contribution < -0.4 is 10.2 Å². The Morgan fingerprint density at radius 1 is 1.11 bits per heavy atom. The summed E-state index contributed by atoms with van der Waals surface area (Å²) in [6.07, 6.45) is 0. The molecule has 2 aromatic carbocycles. The molecule has 0 radical (unpaired) electrons. The second-order valence-corrected chi connectivity index (χ2v) is 6.22. The number of carbonyl (C=O) groups is 3. The van der Waals surface area contributed by atoms with E-state index < -0.39 is 23.6 Å². The number of rotatable bonds is 4. The summed E-state index contributed by atoms with van der Waals surface area (Å²) in [6.45, 7) is 0. The van der Waals surface area contributed by atoms with Gasteiger partial charge in [-0.25, -0.2) is 14.1 Å². The quantitative estimate of drug-likeness (QED) is 0.616. The molecule has 0 spiro atoms. The molecule has 0 saturated carbocycles. The van der Waals surface area contributed by atoms with Crippen molar-refractivity contribution in [3.8, 4) is 0 Å². The van der Waals surface area contributed by atoms with Gasteiger partial charge in [0.15, 0.2) is 0 Å². The number of hydrogen-bond donors (Lipinski definition) is 1. The van der Waals surface area contributed by atoms with Gasteiger partial charge >= 0.3 is 5.97 Å². The van der Waals surface area contributed by atoms with Gasteiger partial charge in [-0.2, -0.15) is 0 Å². The van der Waals surface area contributed by atoms with Gasteiger partial charge in [0, 0.05) is 5.69 Å². The highest BCUT2D eigenvalue weighted by Gasteiger charge is 2.39. The smallest absolute Gasteiger partial charge is 0.337 e. The molecule has 0 aliphatic carbocycles. The summed E-state index contributed by atoms with van der Waals surface area (Å²) in [5.74, 6) is -2.74. The Labute approximate surface area is 163 Å². The summed E-state index contributed by atoms with van der Waals surface area (Å²) in [4.78, 5) is 37.7. The molecule has 3 rings (SSSR count). The Balaban J connectivity index is 1.92. The van der Waals surface area contributed by atoms with Crippen LogP contribution in [0.4, 0.5) is 15.8 Å². The molecule has 1 heterocycles. The van der Waals surface area contributed by atoms with Gasteiger partial charge in [-0.1, -0.05) is 29.3 Å². The molecule has 138 valence electrons. The van der Waals surface area contributed by atoms with Crippen molar-refractivity contribution in [2.75, 3.05) is 17.3 Å². The number of nitrogens with one attached hydrogen (secondary N) is 1. The molecule has 1 aliphatic rings. The SMILES string of the molecule is COC(=O)c1cccc(N2C(=O)C(Cl)=C(Nc3ccc(F)c(Cl)c3)C2=O)c1. The van der Waals surface area contributed by atoms with E-state index in [1.54, 1.807) is 0 Å². The standard InChI is InChI=1S/C18H11Cl2FN2O4/c1-27-18(26)9-3-2-4-11(7-9)23-16(24)14(20)15(17(23)25)22-10-5-6-13(21)12(19)8-10/h2-8,22H,1H3. The summed E-state index contributed by atoms with van der Waals surface area (Å²) >= 11 is 11.7. The van der Waals surface area contributed by atoms with Gasteiger partial charge in [-0.15, -0.1) is 0 Å². The highest BCUT2D eigenvalue weighted by atomic mass is 35.5. The number of nitrogens with zero attached hydrogens (tertiary/aromatic N) is 1. The number of imide groups is 1. The number of halogens is 3. The number of carbonyl (C=O) groups excluding carboxylic acids is 3. The Hall–Kier alpha value is -2.90. The zero-order valence-electron chi connectivity index (χ0n) is 13.8. The molecule has 0 bridgehead atoms. The van der Waals surface area contributed by atoms with Crippen molar-refractivity contribution in [2.24, 2.45) is 0 Å². The Kier molecular flexibility index (Phi) is 5.16. The molecule has 0 fully saturated rings. The van der Waals surface area contributed by atoms with Gasteiger partial charge in [0.25, 0.3) is 11.8 Å². The monoisotopic (exact) mass is 408 g/mol. The zero-order valence-corrected chi connectivity index (χ0v) is 15.3. The zero-order chi connectivity index (χ0) is 19.7. The summed E-state index contributed by atoms with van der Waals surface area (Å²) in [7, 11) is 1.22. The van der Waals surface area contributed by atoms with Crippen LogP contribution in [0.25, 0.3) is 0 Å². The average molecular weight is 409 g/mol. The minimum atomic E-state index is -0.764. The van der Waals surface area contributed by atoms with Crippen molar-refractivity contribution >= 4 is 52.4 Å². The fourth-order valence-corrected chi connectivity index (χ4v) is 2.85. The van der Waals surface area contributed by atoms with E-state index in [2.05, 4.69) is 10.1 Å². The summed E-state index contributed by atoms with van der Waals surface area (Å²) in [6, 6.07) is 9.50. The van der Waals surface area contributed by atoms with Crippen molar-refractivity contribution in [2.45, 2.75) is 0 Å². The third kappa shape index (κ3) is 3.51. The van der Waals surface area contributed by atoms with E-state index in [9.17, 15) is 18.8 Å². The molecule has 1 N–H and O–H groups in total. The van der Waals surface area contributed by atoms with Gasteiger partial charge < -0.3 is 10.1 Å². The summed E-state index contributed by atoms with van der Waals surface area (Å²) in [5, 5.41) is 2.18. The third-order valence-electron chi connectivity index (χ3n) is 3.74. The van der Waals surface area contributed by atoms with E-state index in [1.165, 1.54) is 43.5 Å². The van der Waals surface area contributed by atoms with E-state index >= 15 is 0 Å². The number of anilines is 2. The van der Waals surface area contributed by atoms with Crippen LogP contribution in [0, 0.1) is 5.82 Å². The molecule has 2 aromatic rings. The molecule has 9 heteroatoms. The first-order chi connectivity index (χ1) is 12.8. The van der Waals surface area contributed by atoms with Crippen molar-refractivity contribution < 1.29 is 23.5 Å². The van der Waals surface area contributed by atoms with Crippen molar-refractivity contribution in [3.63, 3.8) is 0 Å². The molecule has 0 unspecified atom stereocenters. The summed E-state index contributed by atoms with van der Waals surface area (Å²) < 4.78 is 17.9. The first-order valence-electron chi connectivity index (χ1n) is 7.52. The van der Waals surface area contributed by atoms with Gasteiger partial charge in [0.05, 0.1) is 23.4 Å². The number of hydrogen-bond acceptors (Lipinski definition) is 5. The van der Waals surface area contributed by atoms with E-state index in [-0.39, 0.29) is 32.7 Å². The largest absolute Gasteiger partial charge is 0.465 e. The van der Waals surface area contributed by atoms with Crippen molar-refractivity contribution in [3.05, 3.63) is 69.6 Å². The van der Waals surface area contributed by atoms with Gasteiger partial charge in [0.2, 0.25) is 0 Å². The van der Waals surface area contributed by atoms with E-state index in [0.717, 1.165) is 11.0 Å². The molecule has 27 heavy (non-hydrogen) atoms. The van der Waals surface area contributed by atoms with Crippen LogP contribution in [-0.2, 0) is 14.3 Å². The first-order valence-corrected chi connectivity index (χ1v) is 8.28. The lowest BCUT2D eigenvalue weighted by molar-refractivity contribution is -0.120. The van der Waals surface area contributed by atoms with Crippen LogP contribution >= 0.6 is 23.2 Å². The minimum absolute atomic E-state index is 0.153. The molecule has 6 nitrogen and oxygen atoms in total. The van der Waals surface area contributed by atoms with Gasteiger partial charge in [-0.05, 0) is 36.4 Å². The molecular formula is C18H11Cl2FN2O4. The molecule has 0 atom stereocenters. The van der Waals surface area contributed by atoms with Crippen LogP contribution in [0.1, 0.15) is 10.4 Å². The second-order valence-electron chi connectivity index (χ2n) is 5.43. The van der Waals surface area contributed by atoms with Crippen molar-refractivity contribution in [1.29, 1.82) is 0 Å². The van der Waals surface area contributed by atoms with Gasteiger partial charge in [0.1, 0.15) is 16.5 Å². The van der Waals surface area contributed by atoms with E-state index in [0.29, 0.717) is 0 Å². The number of esters is 1. The Morgan fingerprint density at radius 3 is 2.52 bits per heavy atom. The van der Waals surface area contributed by atoms with Crippen LogP contribution in [0.5, 0.6) is 0 Å². The maximum absolute atomic E-state index is 13.3.